The molecule has 0 aromatic heterocycles. The number of ketones is 1. The van der Waals surface area contributed by atoms with E-state index in [-0.39, 0.29) is 34.6 Å². The molecule has 0 spiro atoms. The average molecular weight is 851 g/mol. The molecule has 14 heteroatoms. The second-order valence-electron chi connectivity index (χ2n) is 16.8. The molecule has 4 aliphatic rings. The molecule has 1 aromatic rings. The van der Waals surface area contributed by atoms with Crippen molar-refractivity contribution < 1.29 is 24.0 Å². The molecule has 13 nitrogen and oxygen atoms in total. The summed E-state index contributed by atoms with van der Waals surface area (Å²) in [5, 5.41) is 11.5. The molecular weight excluding hydrogens is 791 g/mol. The Bertz CT molecular complexity index is 1760. The summed E-state index contributed by atoms with van der Waals surface area (Å²) in [4.78, 5) is 101. The Hall–Kier alpha value is -3.43. The van der Waals surface area contributed by atoms with Crippen molar-refractivity contribution in [1.29, 1.82) is 0 Å². The number of hydrogen-bond donors (Lipinski definition) is 4. The summed E-state index contributed by atoms with van der Waals surface area (Å²) in [6, 6.07) is -3.66. The number of halogens is 1. The zero-order valence-corrected chi connectivity index (χ0v) is 34.6. The van der Waals surface area contributed by atoms with Crippen LogP contribution in [0.25, 0.3) is 0 Å². The zero-order chi connectivity index (χ0) is 39.0. The number of urea groups is 1. The van der Waals surface area contributed by atoms with Gasteiger partial charge >= 0.3 is 273 Å². The van der Waals surface area contributed by atoms with Crippen molar-refractivity contribution in [2.24, 2.45) is 11.3 Å². The molecule has 53 heavy (non-hydrogen) atoms. The van der Waals surface area contributed by atoms with Crippen molar-refractivity contribution in [2.45, 2.75) is 119 Å². The standard InChI is InChI=1S/C39H59IN6O7/c1-9-14-25(32(47)36(51)41-19-10-2)42-35(50)31-28-24(40(28,6)7)20-46(31)37(52)29(23-15-12-11-13-16-23)44-38(53)43-26(39(3,4)5)21-45(8)30-27(22-17-18-22)33(48)34(30)49/h10,22-23,25-26,28-29,31H,2,9,11-21H2,1,3-8H3,(H,41,51)(H,42,50)(H2,43,44,53)/t25?,26-,28+,29+,31+/m1/s1. The molecule has 2 heterocycles. The Morgan fingerprint density at radius 3 is 2.23 bits per heavy atom. The molecular formula is C39H59IN6O7. The molecule has 1 unspecified atom stereocenters. The van der Waals surface area contributed by atoms with E-state index in [4.69, 9.17) is 0 Å². The summed E-state index contributed by atoms with van der Waals surface area (Å²) < 4.78 is 1.22. The van der Waals surface area contributed by atoms with Crippen molar-refractivity contribution in [3.8, 4) is 0 Å². The van der Waals surface area contributed by atoms with Crippen LogP contribution in [0.3, 0.4) is 0 Å². The Labute approximate surface area is 316 Å². The van der Waals surface area contributed by atoms with Gasteiger partial charge in [-0.05, 0) is 18.8 Å². The van der Waals surface area contributed by atoms with Crippen LogP contribution in [0.2, 0.25) is 0 Å². The van der Waals surface area contributed by atoms with E-state index < -0.39 is 82.0 Å². The van der Waals surface area contributed by atoms with E-state index in [0.717, 1.165) is 44.9 Å². The minimum atomic E-state index is -2.40. The maximum atomic E-state index is 14.7. The molecule has 5 rings (SSSR count). The van der Waals surface area contributed by atoms with Gasteiger partial charge < -0.3 is 0 Å². The molecule has 5 atom stereocenters. The molecule has 2 saturated carbocycles. The van der Waals surface area contributed by atoms with Crippen molar-refractivity contribution in [2.75, 3.05) is 41.4 Å². The number of alkyl halides is 3. The molecule has 2 aliphatic heterocycles. The van der Waals surface area contributed by atoms with Crippen molar-refractivity contribution in [3.63, 3.8) is 0 Å². The first-order valence-electron chi connectivity index (χ1n) is 19.1. The van der Waals surface area contributed by atoms with Gasteiger partial charge in [-0.3, -0.25) is 9.59 Å². The Morgan fingerprint density at radius 1 is 0.981 bits per heavy atom. The molecule has 0 bridgehead atoms. The Balaban J connectivity index is 1.35. The van der Waals surface area contributed by atoms with Gasteiger partial charge in [-0.2, -0.15) is 0 Å². The van der Waals surface area contributed by atoms with Crippen LogP contribution in [0.5, 0.6) is 0 Å². The van der Waals surface area contributed by atoms with Gasteiger partial charge in [0.05, 0.1) is 0 Å². The van der Waals surface area contributed by atoms with Crippen molar-refractivity contribution in [1.82, 2.24) is 26.2 Å². The van der Waals surface area contributed by atoms with Crippen LogP contribution < -0.4 is 37.0 Å². The molecule has 5 amide bonds. The fourth-order valence-corrected chi connectivity index (χ4v) is 18.2. The topological polar surface area (TPSA) is 174 Å². The number of rotatable bonds is 16. The third-order valence-corrected chi connectivity index (χ3v) is 20.3. The van der Waals surface area contributed by atoms with E-state index in [1.54, 1.807) is 16.8 Å². The van der Waals surface area contributed by atoms with Crippen LogP contribution in [0.15, 0.2) is 22.2 Å². The van der Waals surface area contributed by atoms with Gasteiger partial charge in [-0.1, -0.05) is 0 Å². The second-order valence-corrected chi connectivity index (χ2v) is 26.9. The van der Waals surface area contributed by atoms with Gasteiger partial charge in [0, 0.05) is 5.56 Å². The fourth-order valence-electron chi connectivity index (χ4n) is 8.12. The summed E-state index contributed by atoms with van der Waals surface area (Å²) >= 11 is -2.40. The van der Waals surface area contributed by atoms with Gasteiger partial charge in [-0.25, -0.2) is 0 Å². The van der Waals surface area contributed by atoms with E-state index in [1.165, 1.54) is 9.58 Å². The monoisotopic (exact) mass is 850 g/mol. The fraction of sp³-hybridized carbons (Fsp3) is 0.692. The van der Waals surface area contributed by atoms with Crippen LogP contribution in [0, 0.1) is 11.3 Å². The first kappa shape index (κ1) is 40.7. The molecule has 3 fully saturated rings. The van der Waals surface area contributed by atoms with Gasteiger partial charge in [0.2, 0.25) is 10.9 Å². The SMILES string of the molecule is C=CCNC(=O)C(=O)C(CCC)NC(=O)[C@@H]1[C@@H]2C(=I2(C)C)CN1C(=O)[C@@H](NC(=O)N[C@H](CN(C)c1c(C2CC2)c(=O)c1=O)C(C)(C)C)C1CCCCC1. The number of nitrogens with zero attached hydrogens (tertiary/aromatic N) is 2. The van der Waals surface area contributed by atoms with Crippen LogP contribution >= 0.6 is 18.0 Å². The number of anilines is 1. The molecule has 1 saturated heterocycles. The summed E-state index contributed by atoms with van der Waals surface area (Å²) in [6.45, 7) is 12.2. The van der Waals surface area contributed by atoms with Crippen molar-refractivity contribution in [3.05, 3.63) is 38.7 Å². The summed E-state index contributed by atoms with van der Waals surface area (Å²) in [5.41, 5.74) is -0.282. The van der Waals surface area contributed by atoms with E-state index in [9.17, 15) is 33.6 Å². The van der Waals surface area contributed by atoms with Gasteiger partial charge in [0.15, 0.2) is 0 Å². The zero-order valence-electron chi connectivity index (χ0n) is 32.4. The number of carbonyl (C=O) groups excluding carboxylic acids is 5. The molecule has 0 radical (unpaired) electrons. The summed E-state index contributed by atoms with van der Waals surface area (Å²) in [5.74, 6) is -2.26. The van der Waals surface area contributed by atoms with E-state index in [2.05, 4.69) is 37.7 Å². The Kier molecular flexibility index (Phi) is 12.4. The molecule has 294 valence electrons. The predicted molar refractivity (Wildman–Crippen MR) is 217 cm³/mol. The van der Waals surface area contributed by atoms with Gasteiger partial charge in [-0.15, -0.1) is 0 Å². The number of Topliss-reactive ketones (excluding diaryl/α,β-unsaturated/α-hetero) is 1. The van der Waals surface area contributed by atoms with E-state index in [1.807, 2.05) is 27.7 Å². The average Bonchev–Trinajstić information content (AvgIpc) is 3.98. The predicted octanol–water partition coefficient (Wildman–Crippen LogP) is 2.48. The summed E-state index contributed by atoms with van der Waals surface area (Å²) in [7, 11) is 1.77. The number of amides is 5. The van der Waals surface area contributed by atoms with Gasteiger partial charge in [0.1, 0.15) is 0 Å². The van der Waals surface area contributed by atoms with E-state index in [0.29, 0.717) is 30.8 Å². The number of likely N-dealkylation sites (tertiary alicyclic amines) is 1. The van der Waals surface area contributed by atoms with Crippen LogP contribution in [-0.4, -0.2) is 103 Å². The number of fused-ring (bicyclic) bond motifs is 1. The van der Waals surface area contributed by atoms with Crippen LogP contribution in [0.1, 0.15) is 97.0 Å². The van der Waals surface area contributed by atoms with Gasteiger partial charge in [0.25, 0.3) is 0 Å². The minimum absolute atomic E-state index is 0.0320. The molecule has 2 aliphatic carbocycles. The third kappa shape index (κ3) is 8.62. The first-order chi connectivity index (χ1) is 24.9. The van der Waals surface area contributed by atoms with E-state index >= 15 is 0 Å². The van der Waals surface area contributed by atoms with Crippen LogP contribution in [-0.2, 0) is 19.2 Å². The first-order valence-corrected chi connectivity index (χ1v) is 25.7. The normalized spacial score (nSPS) is 23.2. The van der Waals surface area contributed by atoms with Crippen LogP contribution in [0.4, 0.5) is 10.5 Å². The Morgan fingerprint density at radius 2 is 1.64 bits per heavy atom. The second kappa shape index (κ2) is 16.1. The number of carbonyl (C=O) groups is 5. The summed E-state index contributed by atoms with van der Waals surface area (Å²) in [6.07, 6.45) is 8.53. The number of hydrogen-bond acceptors (Lipinski definition) is 8. The number of likely N-dealkylation sites (N-methyl/N-ethyl adjacent to an activating group) is 1. The van der Waals surface area contributed by atoms with Crippen molar-refractivity contribution >= 4 is 56.7 Å². The molecule has 4 N–H and O–H groups in total. The third-order valence-electron chi connectivity index (χ3n) is 11.6. The quantitative estimate of drug-likeness (QED) is 0.0851. The molecule has 1 aromatic carbocycles. The maximum absolute atomic E-state index is 14.7. The number of nitrogens with one attached hydrogen (secondary N) is 4.